The van der Waals surface area contributed by atoms with Crippen molar-refractivity contribution < 1.29 is 18.0 Å². The van der Waals surface area contributed by atoms with Gasteiger partial charge in [-0.1, -0.05) is 12.1 Å². The van der Waals surface area contributed by atoms with Gasteiger partial charge in [-0.2, -0.15) is 0 Å². The van der Waals surface area contributed by atoms with Gasteiger partial charge in [0.1, 0.15) is 5.78 Å². The summed E-state index contributed by atoms with van der Waals surface area (Å²) in [6, 6.07) is 5.27. The summed E-state index contributed by atoms with van der Waals surface area (Å²) < 4.78 is 26.0. The summed E-state index contributed by atoms with van der Waals surface area (Å²) in [7, 11) is -3.33. The SMILES string of the molecule is Cc1cnc(NC(=O)/C(=C/C2CCC(=O)C2)c2ccc(S(=O)(=O)C3CC3)c(C3CC3)c2)cn1. The zero-order chi connectivity index (χ0) is 23.2. The molecule has 3 fully saturated rings. The third kappa shape index (κ3) is 4.76. The van der Waals surface area contributed by atoms with Gasteiger partial charge in [0, 0.05) is 18.4 Å². The van der Waals surface area contributed by atoms with E-state index >= 15 is 0 Å². The number of Topliss-reactive ketones (excluding diaryl/α,β-unsaturated/α-hetero) is 1. The van der Waals surface area contributed by atoms with Crippen molar-refractivity contribution in [2.45, 2.75) is 67.9 Å². The summed E-state index contributed by atoms with van der Waals surface area (Å²) in [6.45, 7) is 1.82. The van der Waals surface area contributed by atoms with Crippen molar-refractivity contribution in [3.8, 4) is 0 Å². The van der Waals surface area contributed by atoms with E-state index in [1.807, 2.05) is 19.1 Å². The molecular formula is C25H27N3O4S. The molecule has 33 heavy (non-hydrogen) atoms. The maximum Gasteiger partial charge on any atom is 0.257 e. The Morgan fingerprint density at radius 1 is 1.09 bits per heavy atom. The standard InChI is InChI=1S/C25H27N3O4S/c1-15-13-27-24(14-26-15)28-25(30)22(11-16-2-6-19(29)10-16)18-5-9-23(21(12-18)17-3-4-17)33(31,32)20-7-8-20/h5,9,11-14,16-17,20H,2-4,6-8,10H2,1H3,(H,27,28,30)/b22-11+. The molecule has 1 amide bonds. The van der Waals surface area contributed by atoms with Crippen molar-refractivity contribution in [2.75, 3.05) is 5.32 Å². The predicted molar refractivity (Wildman–Crippen MR) is 124 cm³/mol. The van der Waals surface area contributed by atoms with Crippen LogP contribution in [0, 0.1) is 12.8 Å². The first-order valence-corrected chi connectivity index (χ1v) is 13.1. The summed E-state index contributed by atoms with van der Waals surface area (Å²) >= 11 is 0. The fraction of sp³-hybridized carbons (Fsp3) is 0.440. The number of carbonyl (C=O) groups is 2. The number of allylic oxidation sites excluding steroid dienone is 1. The Morgan fingerprint density at radius 2 is 1.88 bits per heavy atom. The van der Waals surface area contributed by atoms with E-state index in [9.17, 15) is 18.0 Å². The van der Waals surface area contributed by atoms with Gasteiger partial charge in [-0.15, -0.1) is 0 Å². The zero-order valence-corrected chi connectivity index (χ0v) is 19.4. The molecule has 0 bridgehead atoms. The number of ketones is 1. The van der Waals surface area contributed by atoms with Crippen LogP contribution in [-0.4, -0.2) is 35.3 Å². The van der Waals surface area contributed by atoms with Gasteiger partial charge in [0.25, 0.3) is 5.91 Å². The Labute approximate surface area is 193 Å². The number of amides is 1. The van der Waals surface area contributed by atoms with E-state index in [1.54, 1.807) is 18.3 Å². The quantitative estimate of drug-likeness (QED) is 0.620. The molecule has 3 aliphatic carbocycles. The van der Waals surface area contributed by atoms with Crippen LogP contribution >= 0.6 is 0 Å². The molecule has 0 aliphatic heterocycles. The van der Waals surface area contributed by atoms with E-state index in [4.69, 9.17) is 0 Å². The molecule has 3 aliphatic rings. The highest BCUT2D eigenvalue weighted by molar-refractivity contribution is 7.92. The fourth-order valence-corrected chi connectivity index (χ4v) is 6.34. The lowest BCUT2D eigenvalue weighted by molar-refractivity contribution is -0.117. The molecule has 1 aromatic carbocycles. The molecule has 2 aromatic rings. The lowest BCUT2D eigenvalue weighted by Crippen LogP contribution is -2.17. The van der Waals surface area contributed by atoms with E-state index in [0.29, 0.717) is 41.1 Å². The molecule has 1 N–H and O–H groups in total. The number of aryl methyl sites for hydroxylation is 1. The molecule has 8 heteroatoms. The van der Waals surface area contributed by atoms with Gasteiger partial charge in [0.15, 0.2) is 15.7 Å². The summed E-state index contributed by atoms with van der Waals surface area (Å²) in [5.74, 6) is 0.404. The molecule has 1 heterocycles. The van der Waals surface area contributed by atoms with Gasteiger partial charge >= 0.3 is 0 Å². The second kappa shape index (κ2) is 8.48. The first kappa shape index (κ1) is 21.9. The van der Waals surface area contributed by atoms with Crippen LogP contribution in [0.1, 0.15) is 67.7 Å². The minimum absolute atomic E-state index is 0.0124. The van der Waals surface area contributed by atoms with Crippen molar-refractivity contribution >= 4 is 32.9 Å². The summed E-state index contributed by atoms with van der Waals surface area (Å²) in [4.78, 5) is 33.9. The molecule has 1 unspecified atom stereocenters. The second-order valence-electron chi connectivity index (χ2n) is 9.39. The highest BCUT2D eigenvalue weighted by Gasteiger charge is 2.40. The maximum absolute atomic E-state index is 13.3. The first-order valence-electron chi connectivity index (χ1n) is 11.5. The monoisotopic (exact) mass is 465 g/mol. The van der Waals surface area contributed by atoms with Crippen LogP contribution in [0.3, 0.4) is 0 Å². The molecule has 0 saturated heterocycles. The van der Waals surface area contributed by atoms with Gasteiger partial charge in [-0.3, -0.25) is 14.6 Å². The largest absolute Gasteiger partial charge is 0.305 e. The fourth-order valence-electron chi connectivity index (χ4n) is 4.41. The van der Waals surface area contributed by atoms with E-state index in [-0.39, 0.29) is 28.8 Å². The highest BCUT2D eigenvalue weighted by atomic mass is 32.2. The molecular weight excluding hydrogens is 438 g/mol. The van der Waals surface area contributed by atoms with E-state index in [1.165, 1.54) is 6.20 Å². The van der Waals surface area contributed by atoms with Crippen LogP contribution in [0.25, 0.3) is 5.57 Å². The van der Waals surface area contributed by atoms with Crippen LogP contribution in [0.5, 0.6) is 0 Å². The number of nitrogens with one attached hydrogen (secondary N) is 1. The van der Waals surface area contributed by atoms with Gasteiger partial charge in [0.2, 0.25) is 0 Å². The second-order valence-corrected chi connectivity index (χ2v) is 11.6. The van der Waals surface area contributed by atoms with Crippen LogP contribution in [-0.2, 0) is 19.4 Å². The van der Waals surface area contributed by atoms with Crippen LogP contribution in [0.4, 0.5) is 5.82 Å². The number of benzene rings is 1. The highest BCUT2D eigenvalue weighted by Crippen LogP contribution is 2.46. The third-order valence-corrected chi connectivity index (χ3v) is 8.89. The van der Waals surface area contributed by atoms with Crippen molar-refractivity contribution in [3.63, 3.8) is 0 Å². The van der Waals surface area contributed by atoms with E-state index in [2.05, 4.69) is 15.3 Å². The number of sulfone groups is 1. The summed E-state index contributed by atoms with van der Waals surface area (Å²) in [6.07, 6.45) is 9.95. The maximum atomic E-state index is 13.3. The topological polar surface area (TPSA) is 106 Å². The number of nitrogens with zero attached hydrogens (tertiary/aromatic N) is 2. The molecule has 5 rings (SSSR count). The molecule has 1 atom stereocenters. The van der Waals surface area contributed by atoms with E-state index < -0.39 is 9.84 Å². The Bertz CT molecular complexity index is 1240. The summed E-state index contributed by atoms with van der Waals surface area (Å²) in [5, 5.41) is 2.53. The Balaban J connectivity index is 1.52. The Kier molecular flexibility index (Phi) is 5.64. The molecule has 0 spiro atoms. The Hall–Kier alpha value is -2.87. The van der Waals surface area contributed by atoms with Crippen molar-refractivity contribution in [2.24, 2.45) is 5.92 Å². The van der Waals surface area contributed by atoms with Crippen molar-refractivity contribution in [1.29, 1.82) is 0 Å². The molecule has 0 radical (unpaired) electrons. The van der Waals surface area contributed by atoms with Gasteiger partial charge in [-0.25, -0.2) is 13.4 Å². The third-order valence-electron chi connectivity index (χ3n) is 6.56. The molecule has 172 valence electrons. The van der Waals surface area contributed by atoms with Gasteiger partial charge in [0.05, 0.1) is 28.2 Å². The normalized spacial score (nSPS) is 21.3. The lowest BCUT2D eigenvalue weighted by Gasteiger charge is -2.15. The molecule has 7 nitrogen and oxygen atoms in total. The van der Waals surface area contributed by atoms with Crippen molar-refractivity contribution in [1.82, 2.24) is 9.97 Å². The number of aromatic nitrogens is 2. The van der Waals surface area contributed by atoms with Crippen LogP contribution < -0.4 is 5.32 Å². The van der Waals surface area contributed by atoms with Crippen molar-refractivity contribution in [3.05, 3.63) is 53.5 Å². The lowest BCUT2D eigenvalue weighted by atomic mass is 9.95. The van der Waals surface area contributed by atoms with Gasteiger partial charge in [-0.05, 0) is 74.1 Å². The first-order chi connectivity index (χ1) is 15.8. The predicted octanol–water partition coefficient (Wildman–Crippen LogP) is 3.99. The summed E-state index contributed by atoms with van der Waals surface area (Å²) in [5.41, 5.74) is 2.67. The molecule has 1 aromatic heterocycles. The number of hydrogen-bond donors (Lipinski definition) is 1. The number of hydrogen-bond acceptors (Lipinski definition) is 6. The zero-order valence-electron chi connectivity index (χ0n) is 18.6. The minimum atomic E-state index is -3.33. The average Bonchev–Trinajstić information content (AvgIpc) is 3.70. The Morgan fingerprint density at radius 3 is 2.48 bits per heavy atom. The average molecular weight is 466 g/mol. The number of rotatable bonds is 7. The number of carbonyl (C=O) groups excluding carboxylic acids is 2. The molecule has 3 saturated carbocycles. The van der Waals surface area contributed by atoms with Crippen LogP contribution in [0.2, 0.25) is 0 Å². The van der Waals surface area contributed by atoms with Crippen LogP contribution in [0.15, 0.2) is 41.6 Å². The minimum Gasteiger partial charge on any atom is -0.305 e. The van der Waals surface area contributed by atoms with Gasteiger partial charge < -0.3 is 5.32 Å². The van der Waals surface area contributed by atoms with E-state index in [0.717, 1.165) is 36.9 Å². The smallest absolute Gasteiger partial charge is 0.257 e. The number of anilines is 1.